The Bertz CT molecular complexity index is 431. The van der Waals surface area contributed by atoms with Gasteiger partial charge in [0.05, 0.1) is 20.6 Å². The summed E-state index contributed by atoms with van der Waals surface area (Å²) >= 11 is 0. The standard InChI is InChI=1S/C13H19NO4/c1-4-8-5-11(17-2)12(18-3)6-9(8)10(14)7-13(15)16/h5-6,10H,4,7,14H2,1-3H3,(H,15,16). The van der Waals surface area contributed by atoms with Gasteiger partial charge in [-0.3, -0.25) is 4.79 Å². The number of rotatable bonds is 6. The van der Waals surface area contributed by atoms with E-state index in [2.05, 4.69) is 0 Å². The fraction of sp³-hybridized carbons (Fsp3) is 0.462. The van der Waals surface area contributed by atoms with E-state index in [4.69, 9.17) is 20.3 Å². The van der Waals surface area contributed by atoms with Crippen LogP contribution in [0.15, 0.2) is 12.1 Å². The lowest BCUT2D eigenvalue weighted by Gasteiger charge is -2.17. The Morgan fingerprint density at radius 2 is 1.89 bits per heavy atom. The maximum atomic E-state index is 10.7. The lowest BCUT2D eigenvalue weighted by Crippen LogP contribution is -2.17. The van der Waals surface area contributed by atoms with Gasteiger partial charge in [0, 0.05) is 6.04 Å². The third kappa shape index (κ3) is 3.13. The molecule has 18 heavy (non-hydrogen) atoms. The van der Waals surface area contributed by atoms with Gasteiger partial charge in [-0.1, -0.05) is 6.92 Å². The summed E-state index contributed by atoms with van der Waals surface area (Å²) in [5, 5.41) is 8.80. The first kappa shape index (κ1) is 14.3. The van der Waals surface area contributed by atoms with Crippen LogP contribution in [-0.2, 0) is 11.2 Å². The molecule has 1 unspecified atom stereocenters. The van der Waals surface area contributed by atoms with E-state index < -0.39 is 12.0 Å². The van der Waals surface area contributed by atoms with Crippen LogP contribution in [0.3, 0.4) is 0 Å². The number of carboxylic acid groups (broad SMARTS) is 1. The second-order valence-electron chi connectivity index (χ2n) is 3.96. The molecule has 1 aromatic rings. The molecule has 1 aromatic carbocycles. The molecule has 0 aliphatic heterocycles. The van der Waals surface area contributed by atoms with Crippen LogP contribution in [0.25, 0.3) is 0 Å². The van der Waals surface area contributed by atoms with Crippen molar-refractivity contribution >= 4 is 5.97 Å². The SMILES string of the molecule is CCc1cc(OC)c(OC)cc1C(N)CC(=O)O. The normalized spacial score (nSPS) is 12.0. The van der Waals surface area contributed by atoms with Crippen LogP contribution in [0, 0.1) is 0 Å². The first-order valence-electron chi connectivity index (χ1n) is 5.75. The van der Waals surface area contributed by atoms with Crippen LogP contribution in [0.4, 0.5) is 0 Å². The van der Waals surface area contributed by atoms with Crippen molar-refractivity contribution in [1.82, 2.24) is 0 Å². The molecule has 5 heteroatoms. The zero-order valence-electron chi connectivity index (χ0n) is 10.9. The Hall–Kier alpha value is -1.75. The number of methoxy groups -OCH3 is 2. The number of aryl methyl sites for hydroxylation is 1. The molecule has 100 valence electrons. The van der Waals surface area contributed by atoms with E-state index >= 15 is 0 Å². The Balaban J connectivity index is 3.20. The summed E-state index contributed by atoms with van der Waals surface area (Å²) in [5.74, 6) is 0.269. The van der Waals surface area contributed by atoms with E-state index in [0.717, 1.165) is 17.5 Å². The molecule has 0 fully saturated rings. The fourth-order valence-corrected chi connectivity index (χ4v) is 1.89. The van der Waals surface area contributed by atoms with Crippen LogP contribution in [-0.4, -0.2) is 25.3 Å². The van der Waals surface area contributed by atoms with Gasteiger partial charge in [-0.15, -0.1) is 0 Å². The molecule has 0 heterocycles. The summed E-state index contributed by atoms with van der Waals surface area (Å²) in [6.45, 7) is 1.98. The molecular formula is C13H19NO4. The largest absolute Gasteiger partial charge is 0.493 e. The van der Waals surface area contributed by atoms with Gasteiger partial charge in [-0.05, 0) is 29.7 Å². The van der Waals surface area contributed by atoms with Crippen molar-refractivity contribution in [3.63, 3.8) is 0 Å². The van der Waals surface area contributed by atoms with Crippen LogP contribution in [0.5, 0.6) is 11.5 Å². The molecule has 5 nitrogen and oxygen atoms in total. The highest BCUT2D eigenvalue weighted by molar-refractivity contribution is 5.68. The maximum Gasteiger partial charge on any atom is 0.305 e. The highest BCUT2D eigenvalue weighted by Gasteiger charge is 2.17. The maximum absolute atomic E-state index is 10.7. The number of ether oxygens (including phenoxy) is 2. The molecule has 0 aromatic heterocycles. The van der Waals surface area contributed by atoms with E-state index in [-0.39, 0.29) is 6.42 Å². The fourth-order valence-electron chi connectivity index (χ4n) is 1.89. The molecule has 0 saturated carbocycles. The number of carbonyl (C=O) groups is 1. The average Bonchev–Trinajstić information content (AvgIpc) is 2.36. The van der Waals surface area contributed by atoms with Gasteiger partial charge >= 0.3 is 5.97 Å². The number of nitrogens with two attached hydrogens (primary N) is 1. The van der Waals surface area contributed by atoms with E-state index in [9.17, 15) is 4.79 Å². The van der Waals surface area contributed by atoms with E-state index in [1.165, 1.54) is 7.11 Å². The number of aliphatic carboxylic acids is 1. The summed E-state index contributed by atoms with van der Waals surface area (Å²) in [6.07, 6.45) is 0.644. The molecule has 1 atom stereocenters. The van der Waals surface area contributed by atoms with Gasteiger partial charge in [0.2, 0.25) is 0 Å². The van der Waals surface area contributed by atoms with Crippen molar-refractivity contribution in [2.75, 3.05) is 14.2 Å². The van der Waals surface area contributed by atoms with Gasteiger partial charge in [-0.2, -0.15) is 0 Å². The number of hydrogen-bond donors (Lipinski definition) is 2. The van der Waals surface area contributed by atoms with Gasteiger partial charge in [0.25, 0.3) is 0 Å². The topological polar surface area (TPSA) is 81.8 Å². The average molecular weight is 253 g/mol. The van der Waals surface area contributed by atoms with Crippen molar-refractivity contribution in [3.05, 3.63) is 23.3 Å². The Kier molecular flexibility index (Phi) is 4.97. The first-order chi connectivity index (χ1) is 8.53. The molecule has 0 spiro atoms. The predicted molar refractivity (Wildman–Crippen MR) is 68.1 cm³/mol. The van der Waals surface area contributed by atoms with Gasteiger partial charge in [0.1, 0.15) is 0 Å². The van der Waals surface area contributed by atoms with Crippen LogP contribution < -0.4 is 15.2 Å². The highest BCUT2D eigenvalue weighted by Crippen LogP contribution is 2.33. The quantitative estimate of drug-likeness (QED) is 0.807. The third-order valence-electron chi connectivity index (χ3n) is 2.82. The molecular weight excluding hydrogens is 234 g/mol. The summed E-state index contributed by atoms with van der Waals surface area (Å²) in [7, 11) is 3.10. The van der Waals surface area contributed by atoms with E-state index in [0.29, 0.717) is 11.5 Å². The van der Waals surface area contributed by atoms with Crippen molar-refractivity contribution in [1.29, 1.82) is 0 Å². The Morgan fingerprint density at radius 3 is 2.33 bits per heavy atom. The smallest absolute Gasteiger partial charge is 0.305 e. The third-order valence-corrected chi connectivity index (χ3v) is 2.82. The second-order valence-corrected chi connectivity index (χ2v) is 3.96. The highest BCUT2D eigenvalue weighted by atomic mass is 16.5. The Morgan fingerprint density at radius 1 is 1.33 bits per heavy atom. The van der Waals surface area contributed by atoms with Gasteiger partial charge in [-0.25, -0.2) is 0 Å². The van der Waals surface area contributed by atoms with Crippen LogP contribution in [0.1, 0.15) is 30.5 Å². The van der Waals surface area contributed by atoms with Crippen molar-refractivity contribution in [2.24, 2.45) is 5.73 Å². The molecule has 0 radical (unpaired) electrons. The molecule has 0 amide bonds. The van der Waals surface area contributed by atoms with Crippen molar-refractivity contribution in [2.45, 2.75) is 25.8 Å². The molecule has 0 bridgehead atoms. The van der Waals surface area contributed by atoms with E-state index in [1.54, 1.807) is 13.2 Å². The van der Waals surface area contributed by atoms with Crippen molar-refractivity contribution < 1.29 is 19.4 Å². The molecule has 0 aliphatic rings. The van der Waals surface area contributed by atoms with Crippen LogP contribution in [0.2, 0.25) is 0 Å². The molecule has 1 rings (SSSR count). The monoisotopic (exact) mass is 253 g/mol. The zero-order chi connectivity index (χ0) is 13.7. The minimum atomic E-state index is -0.917. The summed E-state index contributed by atoms with van der Waals surface area (Å²) in [5.41, 5.74) is 7.67. The summed E-state index contributed by atoms with van der Waals surface area (Å²) in [4.78, 5) is 10.7. The number of benzene rings is 1. The first-order valence-corrected chi connectivity index (χ1v) is 5.75. The zero-order valence-corrected chi connectivity index (χ0v) is 10.9. The second kappa shape index (κ2) is 6.26. The van der Waals surface area contributed by atoms with Gasteiger partial charge < -0.3 is 20.3 Å². The van der Waals surface area contributed by atoms with Crippen LogP contribution >= 0.6 is 0 Å². The predicted octanol–water partition coefficient (Wildman–Crippen LogP) is 1.74. The number of hydrogen-bond acceptors (Lipinski definition) is 4. The molecule has 0 aliphatic carbocycles. The molecule has 0 saturated heterocycles. The minimum absolute atomic E-state index is 0.109. The molecule has 3 N–H and O–H groups in total. The Labute approximate surface area is 107 Å². The minimum Gasteiger partial charge on any atom is -0.493 e. The summed E-state index contributed by atoms with van der Waals surface area (Å²) < 4.78 is 10.4. The number of carboxylic acids is 1. The van der Waals surface area contributed by atoms with Gasteiger partial charge in [0.15, 0.2) is 11.5 Å². The summed E-state index contributed by atoms with van der Waals surface area (Å²) in [6, 6.07) is 3.05. The lowest BCUT2D eigenvalue weighted by atomic mass is 9.96. The lowest BCUT2D eigenvalue weighted by molar-refractivity contribution is -0.137. The van der Waals surface area contributed by atoms with Crippen molar-refractivity contribution in [3.8, 4) is 11.5 Å². The van der Waals surface area contributed by atoms with E-state index in [1.807, 2.05) is 13.0 Å².